The van der Waals surface area contributed by atoms with Crippen LogP contribution in [0.3, 0.4) is 0 Å². The Balaban J connectivity index is 2.68. The number of halogens is 1. The maximum atomic E-state index is 13.5. The van der Waals surface area contributed by atoms with Crippen LogP contribution < -0.4 is 5.73 Å². The fraction of sp³-hybridized carbons (Fsp3) is 0.500. The summed E-state index contributed by atoms with van der Waals surface area (Å²) in [5, 5.41) is 0. The number of carbonyl (C=O) groups excluding carboxylic acids is 1. The van der Waals surface area contributed by atoms with E-state index in [1.54, 1.807) is 25.2 Å². The number of carbonyl (C=O) groups is 1. The van der Waals surface area contributed by atoms with Crippen molar-refractivity contribution in [1.82, 2.24) is 4.90 Å². The average molecular weight is 252 g/mol. The van der Waals surface area contributed by atoms with Gasteiger partial charge in [0, 0.05) is 19.2 Å². The van der Waals surface area contributed by atoms with Crippen LogP contribution in [0.1, 0.15) is 25.8 Å². The van der Waals surface area contributed by atoms with E-state index < -0.39 is 6.04 Å². The minimum absolute atomic E-state index is 0.126. The van der Waals surface area contributed by atoms with Gasteiger partial charge in [-0.05, 0) is 12.0 Å². The molecule has 0 fully saturated rings. The summed E-state index contributed by atoms with van der Waals surface area (Å²) in [7, 11) is 1.65. The van der Waals surface area contributed by atoms with Crippen LogP contribution in [0.4, 0.5) is 4.39 Å². The second-order valence-electron chi connectivity index (χ2n) is 4.70. The van der Waals surface area contributed by atoms with Crippen molar-refractivity contribution < 1.29 is 9.18 Å². The van der Waals surface area contributed by atoms with Crippen LogP contribution in [0.25, 0.3) is 0 Å². The molecule has 0 spiro atoms. The third-order valence-electron chi connectivity index (χ3n) is 3.28. The minimum atomic E-state index is -0.522. The van der Waals surface area contributed by atoms with E-state index in [-0.39, 0.29) is 24.2 Å². The molecule has 2 atom stereocenters. The van der Waals surface area contributed by atoms with Gasteiger partial charge in [0.2, 0.25) is 5.91 Å². The molecule has 100 valence electrons. The average Bonchev–Trinajstić information content (AvgIpc) is 2.38. The summed E-state index contributed by atoms with van der Waals surface area (Å²) >= 11 is 0. The number of amides is 1. The first-order chi connectivity index (χ1) is 8.47. The van der Waals surface area contributed by atoms with Gasteiger partial charge in [0.25, 0.3) is 0 Å². The molecule has 18 heavy (non-hydrogen) atoms. The van der Waals surface area contributed by atoms with E-state index in [2.05, 4.69) is 0 Å². The Labute approximate surface area is 108 Å². The summed E-state index contributed by atoms with van der Waals surface area (Å²) in [6.45, 7) is 4.18. The lowest BCUT2D eigenvalue weighted by Crippen LogP contribution is -2.45. The van der Waals surface area contributed by atoms with Gasteiger partial charge in [-0.25, -0.2) is 4.39 Å². The van der Waals surface area contributed by atoms with Crippen molar-refractivity contribution in [3.05, 3.63) is 35.6 Å². The van der Waals surface area contributed by atoms with Gasteiger partial charge < -0.3 is 10.6 Å². The van der Waals surface area contributed by atoms with Gasteiger partial charge in [-0.1, -0.05) is 38.5 Å². The smallest absolute Gasteiger partial charge is 0.239 e. The number of benzene rings is 1. The van der Waals surface area contributed by atoms with E-state index in [9.17, 15) is 9.18 Å². The largest absolute Gasteiger partial charge is 0.340 e. The molecule has 0 radical (unpaired) electrons. The van der Waals surface area contributed by atoms with Gasteiger partial charge in [0.15, 0.2) is 0 Å². The molecule has 2 N–H and O–H groups in total. The topological polar surface area (TPSA) is 46.3 Å². The second kappa shape index (κ2) is 6.50. The Morgan fingerprint density at radius 3 is 2.61 bits per heavy atom. The molecule has 0 aliphatic heterocycles. The highest BCUT2D eigenvalue weighted by atomic mass is 19.1. The second-order valence-corrected chi connectivity index (χ2v) is 4.70. The van der Waals surface area contributed by atoms with Crippen LogP contribution >= 0.6 is 0 Å². The van der Waals surface area contributed by atoms with E-state index in [1.807, 2.05) is 13.8 Å². The molecule has 0 saturated heterocycles. The van der Waals surface area contributed by atoms with Gasteiger partial charge >= 0.3 is 0 Å². The number of hydrogen-bond donors (Lipinski definition) is 1. The molecule has 0 aliphatic carbocycles. The summed E-state index contributed by atoms with van der Waals surface area (Å²) in [6, 6.07) is 5.93. The predicted molar refractivity (Wildman–Crippen MR) is 70.3 cm³/mol. The first kappa shape index (κ1) is 14.6. The van der Waals surface area contributed by atoms with Gasteiger partial charge in [0.1, 0.15) is 5.82 Å². The first-order valence-electron chi connectivity index (χ1n) is 6.21. The molecule has 1 aromatic rings. The number of hydrogen-bond acceptors (Lipinski definition) is 2. The van der Waals surface area contributed by atoms with Crippen LogP contribution in [0.2, 0.25) is 0 Å². The van der Waals surface area contributed by atoms with Crippen LogP contribution in [0, 0.1) is 11.7 Å². The number of likely N-dealkylation sites (N-methyl/N-ethyl adjacent to an activating group) is 1. The SMILES string of the molecule is CC[C@H](C)[C@H](N)C(=O)N(C)Cc1ccccc1F. The molecule has 0 unspecified atom stereocenters. The van der Waals surface area contributed by atoms with Crippen LogP contribution in [-0.4, -0.2) is 23.9 Å². The molecule has 3 nitrogen and oxygen atoms in total. The Bertz CT molecular complexity index is 409. The molecule has 1 aromatic carbocycles. The highest BCUT2D eigenvalue weighted by Crippen LogP contribution is 2.12. The van der Waals surface area contributed by atoms with E-state index in [4.69, 9.17) is 5.73 Å². The molecular weight excluding hydrogens is 231 g/mol. The number of rotatable bonds is 5. The maximum absolute atomic E-state index is 13.5. The fourth-order valence-electron chi connectivity index (χ4n) is 1.71. The molecule has 1 rings (SSSR count). The lowest BCUT2D eigenvalue weighted by atomic mass is 9.99. The predicted octanol–water partition coefficient (Wildman–Crippen LogP) is 2.16. The fourth-order valence-corrected chi connectivity index (χ4v) is 1.71. The van der Waals surface area contributed by atoms with Crippen LogP contribution in [0.15, 0.2) is 24.3 Å². The van der Waals surface area contributed by atoms with Crippen LogP contribution in [0.5, 0.6) is 0 Å². The van der Waals surface area contributed by atoms with Gasteiger partial charge in [-0.2, -0.15) is 0 Å². The summed E-state index contributed by atoms with van der Waals surface area (Å²) in [5.41, 5.74) is 6.38. The zero-order valence-electron chi connectivity index (χ0n) is 11.2. The summed E-state index contributed by atoms with van der Waals surface area (Å²) in [5.74, 6) is -0.317. The lowest BCUT2D eigenvalue weighted by Gasteiger charge is -2.24. The Morgan fingerprint density at radius 2 is 2.06 bits per heavy atom. The molecule has 1 amide bonds. The van der Waals surface area contributed by atoms with Gasteiger partial charge in [-0.15, -0.1) is 0 Å². The van der Waals surface area contributed by atoms with E-state index in [1.165, 1.54) is 11.0 Å². The minimum Gasteiger partial charge on any atom is -0.340 e. The molecule has 0 heterocycles. The standard InChI is InChI=1S/C14H21FN2O/c1-4-10(2)13(16)14(18)17(3)9-11-7-5-6-8-12(11)15/h5-8,10,13H,4,9,16H2,1-3H3/t10-,13-/m0/s1. The number of nitrogens with zero attached hydrogens (tertiary/aromatic N) is 1. The normalized spacial score (nSPS) is 14.1. The molecule has 4 heteroatoms. The summed E-state index contributed by atoms with van der Waals surface area (Å²) in [4.78, 5) is 13.5. The van der Waals surface area contributed by atoms with E-state index in [0.29, 0.717) is 5.56 Å². The quantitative estimate of drug-likeness (QED) is 0.873. The van der Waals surface area contributed by atoms with Crippen molar-refractivity contribution in [2.24, 2.45) is 11.7 Å². The van der Waals surface area contributed by atoms with Gasteiger partial charge in [0.05, 0.1) is 6.04 Å². The number of nitrogens with two attached hydrogens (primary N) is 1. The first-order valence-corrected chi connectivity index (χ1v) is 6.21. The third-order valence-corrected chi connectivity index (χ3v) is 3.28. The summed E-state index contributed by atoms with van der Waals surface area (Å²) < 4.78 is 13.5. The molecule has 0 aromatic heterocycles. The summed E-state index contributed by atoms with van der Waals surface area (Å²) in [6.07, 6.45) is 0.848. The lowest BCUT2D eigenvalue weighted by molar-refractivity contribution is -0.133. The molecule has 0 bridgehead atoms. The highest BCUT2D eigenvalue weighted by Gasteiger charge is 2.23. The van der Waals surface area contributed by atoms with Crippen molar-refractivity contribution in [2.75, 3.05) is 7.05 Å². The van der Waals surface area contributed by atoms with Crippen molar-refractivity contribution in [2.45, 2.75) is 32.9 Å². The Kier molecular flexibility index (Phi) is 5.28. The third kappa shape index (κ3) is 3.53. The van der Waals surface area contributed by atoms with Crippen molar-refractivity contribution >= 4 is 5.91 Å². The molecule has 0 aliphatic rings. The van der Waals surface area contributed by atoms with Crippen molar-refractivity contribution in [3.8, 4) is 0 Å². The van der Waals surface area contributed by atoms with Gasteiger partial charge in [-0.3, -0.25) is 4.79 Å². The molecule has 0 saturated carbocycles. The van der Waals surface area contributed by atoms with Crippen molar-refractivity contribution in [1.29, 1.82) is 0 Å². The zero-order valence-corrected chi connectivity index (χ0v) is 11.2. The highest BCUT2D eigenvalue weighted by molar-refractivity contribution is 5.81. The van der Waals surface area contributed by atoms with Crippen LogP contribution in [-0.2, 0) is 11.3 Å². The molecular formula is C14H21FN2O. The zero-order chi connectivity index (χ0) is 13.7. The van der Waals surface area contributed by atoms with E-state index in [0.717, 1.165) is 6.42 Å². The maximum Gasteiger partial charge on any atom is 0.239 e. The van der Waals surface area contributed by atoms with Crippen molar-refractivity contribution in [3.63, 3.8) is 0 Å². The Hall–Kier alpha value is -1.42. The monoisotopic (exact) mass is 252 g/mol. The Morgan fingerprint density at radius 1 is 1.44 bits per heavy atom. The van der Waals surface area contributed by atoms with E-state index >= 15 is 0 Å².